The molecule has 1 heterocycles. The molecule has 0 aliphatic carbocycles. The molecule has 59 heavy (non-hydrogen) atoms. The van der Waals surface area contributed by atoms with Gasteiger partial charge in [0.15, 0.2) is 0 Å². The fourth-order valence-corrected chi connectivity index (χ4v) is 6.07. The van der Waals surface area contributed by atoms with Gasteiger partial charge in [0.25, 0.3) is 0 Å². The van der Waals surface area contributed by atoms with Crippen LogP contribution in [0.25, 0.3) is 11.1 Å². The van der Waals surface area contributed by atoms with Crippen molar-refractivity contribution in [2.75, 3.05) is 26.7 Å². The van der Waals surface area contributed by atoms with Gasteiger partial charge in [0.05, 0.1) is 6.10 Å². The van der Waals surface area contributed by atoms with Crippen molar-refractivity contribution in [2.24, 2.45) is 0 Å². The number of hydrogen-bond acceptors (Lipinski definition) is 11. The average Bonchev–Trinajstić information content (AvgIpc) is 3.09. The number of aliphatic hydroxyl groups is 1. The van der Waals surface area contributed by atoms with Gasteiger partial charge in [-0.3, -0.25) is 14.4 Å². The molecule has 0 spiro atoms. The topological polar surface area (TPSA) is 234 Å². The molecule has 1 aliphatic rings. The number of benzene rings is 2. The van der Waals surface area contributed by atoms with Gasteiger partial charge in [0.2, 0.25) is 17.7 Å². The van der Waals surface area contributed by atoms with E-state index >= 15 is 0 Å². The van der Waals surface area contributed by atoms with Crippen molar-refractivity contribution in [2.45, 2.75) is 123 Å². The molecule has 4 atom stereocenters. The van der Waals surface area contributed by atoms with Crippen LogP contribution in [-0.4, -0.2) is 119 Å². The first-order chi connectivity index (χ1) is 27.2. The van der Waals surface area contributed by atoms with E-state index in [1.165, 1.54) is 13.1 Å². The summed E-state index contributed by atoms with van der Waals surface area (Å²) in [6, 6.07) is 5.62. The van der Waals surface area contributed by atoms with E-state index in [1.54, 1.807) is 92.6 Å². The van der Waals surface area contributed by atoms with Crippen LogP contribution in [0.15, 0.2) is 36.4 Å². The maximum absolute atomic E-state index is 14.5. The fourth-order valence-electron chi connectivity index (χ4n) is 5.88. The summed E-state index contributed by atoms with van der Waals surface area (Å²) in [6.07, 6.45) is -4.73. The Morgan fingerprint density at radius 1 is 0.797 bits per heavy atom. The summed E-state index contributed by atoms with van der Waals surface area (Å²) in [5.41, 5.74) is -0.527. The number of alkyl carbamates (subject to hydrolysis) is 3. The van der Waals surface area contributed by atoms with Gasteiger partial charge in [-0.1, -0.05) is 23.7 Å². The maximum atomic E-state index is 14.5. The quantitative estimate of drug-likeness (QED) is 0.141. The van der Waals surface area contributed by atoms with Crippen molar-refractivity contribution >= 4 is 47.6 Å². The van der Waals surface area contributed by atoms with E-state index in [0.29, 0.717) is 16.7 Å². The minimum atomic E-state index is -1.54. The number of fused-ring (bicyclic) bond motifs is 5. The maximum Gasteiger partial charge on any atom is 0.408 e. The summed E-state index contributed by atoms with van der Waals surface area (Å²) in [7, 11) is 1.35. The number of carbonyl (C=O) groups is 6. The molecule has 6 amide bonds. The number of rotatable bonds is 9. The van der Waals surface area contributed by atoms with E-state index in [1.807, 2.05) is 0 Å². The molecule has 2 aromatic carbocycles. The van der Waals surface area contributed by atoms with Gasteiger partial charge in [0, 0.05) is 51.0 Å². The van der Waals surface area contributed by atoms with Gasteiger partial charge in [-0.2, -0.15) is 0 Å². The SMILES string of the molecule is CN1C(=O)[C@H](C[C@@H](O)CNC(=O)OC(C)(C)C)NC(=O)[C@@H](NC(=O)OC(C)(C)C)Cc2cc(ccc2O)-c2ccc(Cl)c(c2)C[C@H]1C(=O)NCCNC(=O)OC(C)(C)C. The second-order valence-electron chi connectivity index (χ2n) is 17.3. The summed E-state index contributed by atoms with van der Waals surface area (Å²) >= 11 is 6.69. The first-order valence-electron chi connectivity index (χ1n) is 19.3. The second-order valence-corrected chi connectivity index (χ2v) is 17.7. The van der Waals surface area contributed by atoms with Crippen LogP contribution in [0, 0.1) is 0 Å². The Balaban J connectivity index is 2.09. The number of halogens is 1. The molecule has 0 radical (unpaired) electrons. The van der Waals surface area contributed by atoms with Crippen LogP contribution in [0.3, 0.4) is 0 Å². The first-order valence-corrected chi connectivity index (χ1v) is 19.7. The number of phenols is 1. The predicted octanol–water partition coefficient (Wildman–Crippen LogP) is 3.93. The highest BCUT2D eigenvalue weighted by Gasteiger charge is 2.36. The summed E-state index contributed by atoms with van der Waals surface area (Å²) in [5, 5.41) is 35.2. The molecule has 17 nitrogen and oxygen atoms in total. The number of nitrogens with one attached hydrogen (secondary N) is 5. The number of likely N-dealkylation sites (N-methyl/N-ethyl adjacent to an activating group) is 1. The number of carbonyl (C=O) groups excluding carboxylic acids is 6. The molecule has 0 saturated heterocycles. The summed E-state index contributed by atoms with van der Waals surface area (Å²) < 4.78 is 15.9. The van der Waals surface area contributed by atoms with E-state index in [2.05, 4.69) is 26.6 Å². The molecule has 3 rings (SSSR count). The van der Waals surface area contributed by atoms with Gasteiger partial charge >= 0.3 is 18.3 Å². The number of aliphatic hydroxyl groups excluding tert-OH is 1. The Morgan fingerprint density at radius 2 is 1.32 bits per heavy atom. The van der Waals surface area contributed by atoms with Gasteiger partial charge in [-0.05, 0) is 109 Å². The van der Waals surface area contributed by atoms with Gasteiger partial charge in [-0.15, -0.1) is 0 Å². The molecule has 0 unspecified atom stereocenters. The third kappa shape index (κ3) is 16.1. The van der Waals surface area contributed by atoms with E-state index in [9.17, 15) is 39.0 Å². The van der Waals surface area contributed by atoms with Gasteiger partial charge in [0.1, 0.15) is 40.7 Å². The van der Waals surface area contributed by atoms with Crippen molar-refractivity contribution in [3.8, 4) is 16.9 Å². The van der Waals surface area contributed by atoms with Crippen molar-refractivity contribution in [3.05, 3.63) is 52.5 Å². The molecule has 18 heteroatoms. The smallest absolute Gasteiger partial charge is 0.408 e. The highest BCUT2D eigenvalue weighted by Crippen LogP contribution is 2.31. The summed E-state index contributed by atoms with van der Waals surface area (Å²) in [4.78, 5) is 81.5. The third-order valence-electron chi connectivity index (χ3n) is 8.52. The lowest BCUT2D eigenvalue weighted by Crippen LogP contribution is -2.59. The molecule has 2 aromatic rings. The van der Waals surface area contributed by atoms with Crippen LogP contribution in [0.5, 0.6) is 5.75 Å². The van der Waals surface area contributed by atoms with Crippen LogP contribution < -0.4 is 26.6 Å². The Kier molecular flexibility index (Phi) is 16.4. The zero-order valence-corrected chi connectivity index (χ0v) is 36.2. The number of aromatic hydroxyl groups is 1. The highest BCUT2D eigenvalue weighted by atomic mass is 35.5. The lowest BCUT2D eigenvalue weighted by Gasteiger charge is -2.33. The van der Waals surface area contributed by atoms with Crippen molar-refractivity contribution in [3.63, 3.8) is 0 Å². The number of phenolic OH excluding ortho intramolecular Hbond substituents is 1. The molecule has 7 N–H and O–H groups in total. The zero-order chi connectivity index (χ0) is 44.5. The van der Waals surface area contributed by atoms with E-state index < -0.39 is 83.5 Å². The Hall–Kier alpha value is -5.29. The Labute approximate surface area is 350 Å². The molecule has 0 fully saturated rings. The Bertz CT molecular complexity index is 1850. The molecule has 4 bridgehead atoms. The van der Waals surface area contributed by atoms with Gasteiger partial charge in [-0.25, -0.2) is 14.4 Å². The highest BCUT2D eigenvalue weighted by molar-refractivity contribution is 6.31. The third-order valence-corrected chi connectivity index (χ3v) is 8.89. The monoisotopic (exact) mass is 846 g/mol. The zero-order valence-electron chi connectivity index (χ0n) is 35.4. The summed E-state index contributed by atoms with van der Waals surface area (Å²) in [6.45, 7) is 14.6. The van der Waals surface area contributed by atoms with Crippen molar-refractivity contribution < 1.29 is 53.2 Å². The largest absolute Gasteiger partial charge is 0.508 e. The van der Waals surface area contributed by atoms with E-state index in [4.69, 9.17) is 25.8 Å². The molecule has 0 saturated carbocycles. The Morgan fingerprint density at radius 3 is 1.92 bits per heavy atom. The molecule has 326 valence electrons. The molecular formula is C41H59ClN6O11. The lowest BCUT2D eigenvalue weighted by atomic mass is 9.95. The number of hydrogen-bond donors (Lipinski definition) is 7. The minimum Gasteiger partial charge on any atom is -0.508 e. The summed E-state index contributed by atoms with van der Waals surface area (Å²) in [5.74, 6) is -2.51. The predicted molar refractivity (Wildman–Crippen MR) is 220 cm³/mol. The number of ether oxygens (including phenoxy) is 3. The minimum absolute atomic E-state index is 0.00792. The molecule has 1 aliphatic heterocycles. The first kappa shape index (κ1) is 48.1. The fraction of sp³-hybridized carbons (Fsp3) is 0.561. The van der Waals surface area contributed by atoms with Crippen molar-refractivity contribution in [1.82, 2.24) is 31.5 Å². The van der Waals surface area contributed by atoms with Gasteiger partial charge < -0.3 is 55.9 Å². The van der Waals surface area contributed by atoms with E-state index in [0.717, 1.165) is 4.90 Å². The standard InChI is InChI=1S/C41H59ClN6O11/c1-39(2,3)57-36(54)44-16-15-43-34(52)31-20-25-17-23(11-13-28(25)42)24-12-14-32(50)26(18-24)19-29(47-38(56)59-41(7,8)9)33(51)46-30(35(53)48(31)10)21-27(49)22-45-37(55)58-40(4,5)6/h11-14,17-18,27,29-31,49-50H,15-16,19-22H2,1-10H3,(H,43,52)(H,44,54)(H,45,55)(H,46,51)(H,47,56)/t27-,29+,30+,31+/m1/s1. The van der Waals surface area contributed by atoms with Crippen molar-refractivity contribution in [1.29, 1.82) is 0 Å². The normalized spacial score (nSPS) is 18.2. The van der Waals surface area contributed by atoms with Crippen LogP contribution in [0.1, 0.15) is 79.9 Å². The van der Waals surface area contributed by atoms with E-state index in [-0.39, 0.29) is 48.8 Å². The van der Waals surface area contributed by atoms with Crippen LogP contribution in [0.2, 0.25) is 5.02 Å². The average molecular weight is 847 g/mol. The van der Waals surface area contributed by atoms with Crippen LogP contribution in [-0.2, 0) is 41.4 Å². The lowest BCUT2D eigenvalue weighted by molar-refractivity contribution is -0.142. The molecule has 0 aromatic heterocycles. The second kappa shape index (κ2) is 20.1. The molecular weight excluding hydrogens is 788 g/mol. The number of amides is 6. The number of nitrogens with zero attached hydrogens (tertiary/aromatic N) is 1. The van der Waals surface area contributed by atoms with Crippen LogP contribution >= 0.6 is 11.6 Å². The van der Waals surface area contributed by atoms with Crippen LogP contribution in [0.4, 0.5) is 14.4 Å².